The number of hydrogen-bond donors (Lipinski definition) is 1. The molecule has 2 aromatic heterocycles. The zero-order valence-electron chi connectivity index (χ0n) is 11.9. The van der Waals surface area contributed by atoms with Crippen molar-refractivity contribution in [2.24, 2.45) is 0 Å². The van der Waals surface area contributed by atoms with Crippen molar-refractivity contribution in [1.29, 1.82) is 0 Å². The molecule has 0 saturated heterocycles. The monoisotopic (exact) mass is 296 g/mol. The Labute approximate surface area is 128 Å². The van der Waals surface area contributed by atoms with Crippen molar-refractivity contribution in [2.75, 3.05) is 0 Å². The topological polar surface area (TPSA) is 46.5 Å². The van der Waals surface area contributed by atoms with Gasteiger partial charge in [0, 0.05) is 18.0 Å². The van der Waals surface area contributed by atoms with Gasteiger partial charge in [-0.2, -0.15) is 5.10 Å². The lowest BCUT2D eigenvalue weighted by atomic mass is 10.1. The van der Waals surface area contributed by atoms with E-state index in [4.69, 9.17) is 12.2 Å². The van der Waals surface area contributed by atoms with E-state index < -0.39 is 0 Å². The summed E-state index contributed by atoms with van der Waals surface area (Å²) in [5, 5.41) is 7.26. The third kappa shape index (κ3) is 2.64. The maximum absolute atomic E-state index is 5.40. The molecule has 0 radical (unpaired) electrons. The minimum Gasteiger partial charge on any atom is -0.293 e. The molecule has 0 aliphatic heterocycles. The summed E-state index contributed by atoms with van der Waals surface area (Å²) in [7, 11) is 0. The van der Waals surface area contributed by atoms with Crippen molar-refractivity contribution < 1.29 is 0 Å². The van der Waals surface area contributed by atoms with Crippen LogP contribution >= 0.6 is 12.2 Å². The average molecular weight is 296 g/mol. The van der Waals surface area contributed by atoms with Crippen LogP contribution in [0.25, 0.3) is 11.4 Å². The Morgan fingerprint density at radius 3 is 2.43 bits per heavy atom. The second kappa shape index (κ2) is 5.61. The maximum atomic E-state index is 5.40. The molecule has 1 N–H and O–H groups in total. The van der Waals surface area contributed by atoms with Crippen molar-refractivity contribution in [2.45, 2.75) is 19.9 Å². The predicted octanol–water partition coefficient (Wildman–Crippen LogP) is 3.92. The van der Waals surface area contributed by atoms with E-state index in [0.717, 1.165) is 11.4 Å². The number of nitrogens with one attached hydrogen (secondary N) is 1. The van der Waals surface area contributed by atoms with E-state index in [0.29, 0.717) is 4.77 Å². The molecule has 0 aliphatic rings. The number of aromatic amines is 1. The lowest BCUT2D eigenvalue weighted by Crippen LogP contribution is -2.09. The Hall–Kier alpha value is -2.27. The summed E-state index contributed by atoms with van der Waals surface area (Å²) >= 11 is 5.40. The number of H-pyrrole nitrogens is 1. The van der Waals surface area contributed by atoms with Crippen LogP contribution in [0.3, 0.4) is 0 Å². The summed E-state index contributed by atoms with van der Waals surface area (Å²) in [6.45, 7) is 4.21. The molecule has 21 heavy (non-hydrogen) atoms. The maximum Gasteiger partial charge on any atom is 0.196 e. The second-order valence-electron chi connectivity index (χ2n) is 5.04. The quantitative estimate of drug-likeness (QED) is 0.745. The highest BCUT2D eigenvalue weighted by Crippen LogP contribution is 2.25. The lowest BCUT2D eigenvalue weighted by Gasteiger charge is -2.16. The molecule has 1 atom stereocenters. The Balaban J connectivity index is 2.08. The normalized spacial score (nSPS) is 12.3. The number of rotatable bonds is 3. The van der Waals surface area contributed by atoms with Crippen molar-refractivity contribution in [1.82, 2.24) is 19.7 Å². The van der Waals surface area contributed by atoms with Crippen molar-refractivity contribution in [3.63, 3.8) is 0 Å². The van der Waals surface area contributed by atoms with Gasteiger partial charge in [0.05, 0.1) is 6.04 Å². The van der Waals surface area contributed by atoms with Gasteiger partial charge in [-0.25, -0.2) is 0 Å². The van der Waals surface area contributed by atoms with Crippen LogP contribution in [0, 0.1) is 11.7 Å². The van der Waals surface area contributed by atoms with E-state index in [2.05, 4.69) is 53.3 Å². The largest absolute Gasteiger partial charge is 0.293 e. The van der Waals surface area contributed by atoms with Crippen LogP contribution in [0.2, 0.25) is 0 Å². The van der Waals surface area contributed by atoms with Gasteiger partial charge in [0.2, 0.25) is 0 Å². The number of aryl methyl sites for hydroxylation is 1. The molecule has 4 nitrogen and oxygen atoms in total. The van der Waals surface area contributed by atoms with Crippen molar-refractivity contribution in [3.05, 3.63) is 64.7 Å². The van der Waals surface area contributed by atoms with Gasteiger partial charge in [0.15, 0.2) is 10.6 Å². The number of hydrogen-bond acceptors (Lipinski definition) is 3. The summed E-state index contributed by atoms with van der Waals surface area (Å²) < 4.78 is 2.66. The van der Waals surface area contributed by atoms with Crippen LogP contribution in [-0.4, -0.2) is 19.7 Å². The molecule has 1 unspecified atom stereocenters. The number of nitrogens with zero attached hydrogens (tertiary/aromatic N) is 3. The van der Waals surface area contributed by atoms with Gasteiger partial charge in [-0.05, 0) is 43.8 Å². The molecule has 0 bridgehead atoms. The van der Waals surface area contributed by atoms with E-state index in [1.807, 2.05) is 16.7 Å². The van der Waals surface area contributed by atoms with Crippen LogP contribution in [0.15, 0.2) is 48.8 Å². The molecule has 106 valence electrons. The minimum absolute atomic E-state index is 0.111. The van der Waals surface area contributed by atoms with E-state index >= 15 is 0 Å². The molecule has 3 aromatic rings. The van der Waals surface area contributed by atoms with Crippen LogP contribution in [0.1, 0.15) is 24.1 Å². The van der Waals surface area contributed by atoms with Gasteiger partial charge in [0.1, 0.15) is 0 Å². The molecule has 0 spiro atoms. The predicted molar refractivity (Wildman–Crippen MR) is 85.6 cm³/mol. The van der Waals surface area contributed by atoms with E-state index in [1.165, 1.54) is 11.1 Å². The summed E-state index contributed by atoms with van der Waals surface area (Å²) in [4.78, 5) is 4.05. The summed E-state index contributed by atoms with van der Waals surface area (Å²) in [6.07, 6.45) is 3.52. The van der Waals surface area contributed by atoms with Gasteiger partial charge >= 0.3 is 0 Å². The molecule has 3 rings (SSSR count). The highest BCUT2D eigenvalue weighted by molar-refractivity contribution is 7.71. The van der Waals surface area contributed by atoms with Crippen LogP contribution in [0.4, 0.5) is 0 Å². The fourth-order valence-electron chi connectivity index (χ4n) is 2.36. The van der Waals surface area contributed by atoms with E-state index in [1.54, 1.807) is 12.4 Å². The van der Waals surface area contributed by atoms with Gasteiger partial charge in [-0.1, -0.05) is 29.8 Å². The zero-order chi connectivity index (χ0) is 14.8. The first kappa shape index (κ1) is 13.7. The molecular weight excluding hydrogens is 280 g/mol. The van der Waals surface area contributed by atoms with Crippen LogP contribution in [0.5, 0.6) is 0 Å². The third-order valence-corrected chi connectivity index (χ3v) is 3.88. The molecule has 0 amide bonds. The Kier molecular flexibility index (Phi) is 3.66. The third-order valence-electron chi connectivity index (χ3n) is 3.59. The standard InChI is InChI=1S/C16H16N4S/c1-11-3-5-13(6-4-11)12(2)20-15(18-19-16(20)21)14-7-9-17-10-8-14/h3-10,12H,1-2H3,(H,19,21). The molecule has 5 heteroatoms. The summed E-state index contributed by atoms with van der Waals surface area (Å²) in [5.41, 5.74) is 3.45. The molecule has 2 heterocycles. The Bertz CT molecular complexity index is 787. The zero-order valence-corrected chi connectivity index (χ0v) is 12.8. The fourth-order valence-corrected chi connectivity index (χ4v) is 2.65. The highest BCUT2D eigenvalue weighted by atomic mass is 32.1. The first-order chi connectivity index (χ1) is 10.2. The minimum atomic E-state index is 0.111. The fraction of sp³-hybridized carbons (Fsp3) is 0.188. The van der Waals surface area contributed by atoms with Crippen LogP contribution < -0.4 is 0 Å². The lowest BCUT2D eigenvalue weighted by molar-refractivity contribution is 0.635. The molecule has 0 fully saturated rings. The molecule has 0 aliphatic carbocycles. The van der Waals surface area contributed by atoms with Gasteiger partial charge < -0.3 is 0 Å². The van der Waals surface area contributed by atoms with E-state index in [9.17, 15) is 0 Å². The summed E-state index contributed by atoms with van der Waals surface area (Å²) in [5.74, 6) is 0.829. The number of pyridine rings is 1. The Morgan fingerprint density at radius 1 is 1.10 bits per heavy atom. The van der Waals surface area contributed by atoms with Crippen molar-refractivity contribution >= 4 is 12.2 Å². The first-order valence-electron chi connectivity index (χ1n) is 6.80. The van der Waals surface area contributed by atoms with E-state index in [-0.39, 0.29) is 6.04 Å². The van der Waals surface area contributed by atoms with Crippen molar-refractivity contribution in [3.8, 4) is 11.4 Å². The second-order valence-corrected chi connectivity index (χ2v) is 5.43. The van der Waals surface area contributed by atoms with Gasteiger partial charge in [0.25, 0.3) is 0 Å². The first-order valence-corrected chi connectivity index (χ1v) is 7.21. The number of aromatic nitrogens is 4. The van der Waals surface area contributed by atoms with Gasteiger partial charge in [-0.3, -0.25) is 14.6 Å². The smallest absolute Gasteiger partial charge is 0.196 e. The highest BCUT2D eigenvalue weighted by Gasteiger charge is 2.15. The van der Waals surface area contributed by atoms with Crippen LogP contribution in [-0.2, 0) is 0 Å². The molecule has 0 saturated carbocycles. The summed E-state index contributed by atoms with van der Waals surface area (Å²) in [6, 6.07) is 12.5. The molecular formula is C16H16N4S. The van der Waals surface area contributed by atoms with Gasteiger partial charge in [-0.15, -0.1) is 0 Å². The molecule has 1 aromatic carbocycles. The number of benzene rings is 1. The average Bonchev–Trinajstić information content (AvgIpc) is 2.90. The SMILES string of the molecule is Cc1ccc(C(C)n2c(-c3ccncc3)n[nH]c2=S)cc1. The Morgan fingerprint density at radius 2 is 1.76 bits per heavy atom.